The van der Waals surface area contributed by atoms with E-state index in [2.05, 4.69) is 17.2 Å². The number of rotatable bonds is 9. The van der Waals surface area contributed by atoms with Gasteiger partial charge in [-0.05, 0) is 55.7 Å². The van der Waals surface area contributed by atoms with Gasteiger partial charge in [-0.1, -0.05) is 65.4 Å². The fourth-order valence-corrected chi connectivity index (χ4v) is 4.53. The molecule has 1 amide bonds. The quantitative estimate of drug-likeness (QED) is 0.238. The molecule has 4 rings (SSSR count). The minimum absolute atomic E-state index is 0.113. The van der Waals surface area contributed by atoms with E-state index in [0.29, 0.717) is 25.1 Å². The number of amides is 1. The van der Waals surface area contributed by atoms with Gasteiger partial charge >= 0.3 is 5.69 Å². The molecule has 2 heterocycles. The molecule has 2 aromatic carbocycles. The first-order valence-corrected chi connectivity index (χ1v) is 13.8. The van der Waals surface area contributed by atoms with Gasteiger partial charge in [0.25, 0.3) is 11.1 Å². The average Bonchev–Trinajstić information content (AvgIpc) is 2.98. The van der Waals surface area contributed by atoms with Gasteiger partial charge in [-0.3, -0.25) is 23.5 Å². The first-order chi connectivity index (χ1) is 20.2. The van der Waals surface area contributed by atoms with Crippen molar-refractivity contribution in [3.05, 3.63) is 125 Å². The number of anilines is 1. The number of pyridine rings is 1. The fourth-order valence-electron chi connectivity index (χ4n) is 4.27. The Morgan fingerprint density at radius 2 is 1.76 bits per heavy atom. The zero-order valence-corrected chi connectivity index (χ0v) is 24.4. The summed E-state index contributed by atoms with van der Waals surface area (Å²) in [6.45, 7) is 4.42. The zero-order valence-electron chi connectivity index (χ0n) is 23.6. The van der Waals surface area contributed by atoms with Gasteiger partial charge in [0.1, 0.15) is 10.8 Å². The van der Waals surface area contributed by atoms with E-state index >= 15 is 0 Å². The third-order valence-electron chi connectivity index (χ3n) is 6.54. The summed E-state index contributed by atoms with van der Waals surface area (Å²) in [5.74, 6) is 5.81. The first-order valence-electron chi connectivity index (χ1n) is 13.4. The van der Waals surface area contributed by atoms with Gasteiger partial charge in [-0.15, -0.1) is 0 Å². The molecule has 42 heavy (non-hydrogen) atoms. The first kappa shape index (κ1) is 30.2. The van der Waals surface area contributed by atoms with E-state index in [4.69, 9.17) is 16.3 Å². The van der Waals surface area contributed by atoms with Crippen molar-refractivity contribution in [3.63, 3.8) is 0 Å². The highest BCUT2D eigenvalue weighted by Gasteiger charge is 2.18. The normalized spacial score (nSPS) is 10.6. The lowest BCUT2D eigenvalue weighted by molar-refractivity contribution is -0.116. The SMILES string of the molecule is CCOc1cccn(Cc2cccc(C#CCn3c(Cl)c(NC(=O)CCc4ccc(C)cc4)c(=O)n(C)c3=O)c2)c1=O. The zero-order chi connectivity index (χ0) is 30.2. The van der Waals surface area contributed by atoms with Crippen LogP contribution in [-0.4, -0.2) is 26.2 Å². The predicted molar refractivity (Wildman–Crippen MR) is 163 cm³/mol. The smallest absolute Gasteiger partial charge is 0.332 e. The van der Waals surface area contributed by atoms with Crippen LogP contribution in [0.4, 0.5) is 5.69 Å². The number of hydrogen-bond donors (Lipinski definition) is 1. The maximum atomic E-state index is 12.8. The Labute approximate surface area is 248 Å². The summed E-state index contributed by atoms with van der Waals surface area (Å²) in [5.41, 5.74) is 1.88. The summed E-state index contributed by atoms with van der Waals surface area (Å²) in [7, 11) is 1.32. The standard InChI is InChI=1S/C32H31ClN4O5/c1-4-42-26-11-7-18-36(30(26)39)21-25-9-5-8-24(20-25)10-6-19-37-29(33)28(31(40)35(3)32(37)41)34-27(38)17-16-23-14-12-22(2)13-15-23/h5,7-9,11-15,18,20H,4,16-17,19,21H2,1-3H3,(H,34,38). The number of halogens is 1. The molecule has 0 atom stereocenters. The van der Waals surface area contributed by atoms with Gasteiger partial charge in [0.15, 0.2) is 5.75 Å². The molecule has 4 aromatic rings. The van der Waals surface area contributed by atoms with Crippen molar-refractivity contribution in [2.75, 3.05) is 11.9 Å². The summed E-state index contributed by atoms with van der Waals surface area (Å²) in [4.78, 5) is 50.8. The van der Waals surface area contributed by atoms with Crippen LogP contribution in [0.25, 0.3) is 0 Å². The lowest BCUT2D eigenvalue weighted by Crippen LogP contribution is -2.40. The molecule has 0 radical (unpaired) electrons. The number of hydrogen-bond acceptors (Lipinski definition) is 5. The maximum Gasteiger partial charge on any atom is 0.332 e. The number of aromatic nitrogens is 3. The van der Waals surface area contributed by atoms with Crippen LogP contribution in [0, 0.1) is 18.8 Å². The second-order valence-corrected chi connectivity index (χ2v) is 10.0. The van der Waals surface area contributed by atoms with Crippen LogP contribution in [-0.2, 0) is 31.4 Å². The van der Waals surface area contributed by atoms with Crippen LogP contribution in [0.2, 0.25) is 5.15 Å². The highest BCUT2D eigenvalue weighted by Crippen LogP contribution is 2.16. The Morgan fingerprint density at radius 1 is 1.00 bits per heavy atom. The molecule has 0 saturated heterocycles. The molecule has 0 bridgehead atoms. The van der Waals surface area contributed by atoms with E-state index in [1.54, 1.807) is 29.0 Å². The van der Waals surface area contributed by atoms with Gasteiger partial charge in [-0.25, -0.2) is 4.79 Å². The van der Waals surface area contributed by atoms with Crippen LogP contribution in [0.3, 0.4) is 0 Å². The van der Waals surface area contributed by atoms with Crippen LogP contribution in [0.1, 0.15) is 35.6 Å². The van der Waals surface area contributed by atoms with Crippen LogP contribution >= 0.6 is 11.6 Å². The van der Waals surface area contributed by atoms with Crippen LogP contribution < -0.4 is 26.9 Å². The molecule has 2 aromatic heterocycles. The molecule has 0 fully saturated rings. The Bertz CT molecular complexity index is 1840. The van der Waals surface area contributed by atoms with Crippen molar-refractivity contribution in [1.82, 2.24) is 13.7 Å². The van der Waals surface area contributed by atoms with E-state index in [-0.39, 0.29) is 35.1 Å². The summed E-state index contributed by atoms with van der Waals surface area (Å²) < 4.78 is 8.97. The highest BCUT2D eigenvalue weighted by molar-refractivity contribution is 6.32. The molecule has 0 aliphatic carbocycles. The van der Waals surface area contributed by atoms with Crippen molar-refractivity contribution in [3.8, 4) is 17.6 Å². The van der Waals surface area contributed by atoms with Crippen molar-refractivity contribution in [1.29, 1.82) is 0 Å². The van der Waals surface area contributed by atoms with Gasteiger partial charge in [0.2, 0.25) is 5.91 Å². The monoisotopic (exact) mass is 586 g/mol. The van der Waals surface area contributed by atoms with Gasteiger partial charge in [0.05, 0.1) is 19.7 Å². The minimum Gasteiger partial charge on any atom is -0.488 e. The summed E-state index contributed by atoms with van der Waals surface area (Å²) in [5, 5.41) is 2.38. The molecule has 9 nitrogen and oxygen atoms in total. The third-order valence-corrected chi connectivity index (χ3v) is 6.93. The van der Waals surface area contributed by atoms with E-state index in [9.17, 15) is 19.2 Å². The lowest BCUT2D eigenvalue weighted by atomic mass is 10.1. The number of ether oxygens (including phenoxy) is 1. The number of aryl methyl sites for hydroxylation is 2. The molecule has 0 aliphatic heterocycles. The summed E-state index contributed by atoms with van der Waals surface area (Å²) in [6, 6.07) is 18.6. The predicted octanol–water partition coefficient (Wildman–Crippen LogP) is 3.74. The van der Waals surface area contributed by atoms with Crippen molar-refractivity contribution in [2.24, 2.45) is 7.05 Å². The minimum atomic E-state index is -0.700. The van der Waals surface area contributed by atoms with Crippen molar-refractivity contribution in [2.45, 2.75) is 39.8 Å². The van der Waals surface area contributed by atoms with E-state index in [0.717, 1.165) is 25.8 Å². The van der Waals surface area contributed by atoms with E-state index < -0.39 is 17.2 Å². The molecular formula is C32H31ClN4O5. The molecule has 0 aliphatic rings. The molecule has 0 saturated carbocycles. The van der Waals surface area contributed by atoms with E-state index in [1.165, 1.54) is 7.05 Å². The number of carbonyl (C=O) groups excluding carboxylic acids is 1. The molecule has 0 spiro atoms. The molecule has 216 valence electrons. The molecule has 10 heteroatoms. The number of nitrogens with zero attached hydrogens (tertiary/aromatic N) is 3. The molecule has 1 N–H and O–H groups in total. The molecule has 0 unspecified atom stereocenters. The topological polar surface area (TPSA) is 104 Å². The largest absolute Gasteiger partial charge is 0.488 e. The fraction of sp³-hybridized carbons (Fsp3) is 0.250. The Balaban J connectivity index is 1.50. The Kier molecular flexibility index (Phi) is 9.84. The number of benzene rings is 2. The Hall–Kier alpha value is -4.81. The average molecular weight is 587 g/mol. The molecular weight excluding hydrogens is 556 g/mol. The van der Waals surface area contributed by atoms with Crippen molar-refractivity contribution < 1.29 is 9.53 Å². The lowest BCUT2D eigenvalue weighted by Gasteiger charge is -2.13. The van der Waals surface area contributed by atoms with Crippen LogP contribution in [0.5, 0.6) is 5.75 Å². The summed E-state index contributed by atoms with van der Waals surface area (Å²) >= 11 is 6.44. The van der Waals surface area contributed by atoms with Gasteiger partial charge in [-0.2, -0.15) is 0 Å². The second kappa shape index (κ2) is 13.7. The van der Waals surface area contributed by atoms with Crippen molar-refractivity contribution >= 4 is 23.2 Å². The number of nitrogens with one attached hydrogen (secondary N) is 1. The van der Waals surface area contributed by atoms with Crippen LogP contribution in [0.15, 0.2) is 81.2 Å². The summed E-state index contributed by atoms with van der Waals surface area (Å²) in [6.07, 6.45) is 2.32. The maximum absolute atomic E-state index is 12.8. The highest BCUT2D eigenvalue weighted by atomic mass is 35.5. The second-order valence-electron chi connectivity index (χ2n) is 9.67. The van der Waals surface area contributed by atoms with Gasteiger partial charge < -0.3 is 14.6 Å². The van der Waals surface area contributed by atoms with E-state index in [1.807, 2.05) is 56.3 Å². The third kappa shape index (κ3) is 7.28. The number of carbonyl (C=O) groups is 1. The van der Waals surface area contributed by atoms with Gasteiger partial charge in [0, 0.05) is 25.2 Å². The Morgan fingerprint density at radius 3 is 2.50 bits per heavy atom.